The summed E-state index contributed by atoms with van der Waals surface area (Å²) in [6.07, 6.45) is 4.18. The van der Waals surface area contributed by atoms with Gasteiger partial charge in [-0.25, -0.2) is 18.4 Å². The first kappa shape index (κ1) is 12.9. The van der Waals surface area contributed by atoms with Gasteiger partial charge in [-0.15, -0.1) is 0 Å². The maximum Gasteiger partial charge on any atom is 0.234 e. The summed E-state index contributed by atoms with van der Waals surface area (Å²) < 4.78 is 25.5. The van der Waals surface area contributed by atoms with E-state index in [0.717, 1.165) is 0 Å². The van der Waals surface area contributed by atoms with Crippen LogP contribution in [0.1, 0.15) is 13.8 Å². The molecular formula is C9H16N4O2S. The summed E-state index contributed by atoms with van der Waals surface area (Å²) >= 11 is 0. The maximum atomic E-state index is 11.6. The minimum absolute atomic E-state index is 0.0279. The molecule has 1 heterocycles. The number of aromatic nitrogens is 2. The largest absolute Gasteiger partial charge is 0.313 e. The first-order valence-corrected chi connectivity index (χ1v) is 6.64. The van der Waals surface area contributed by atoms with Crippen molar-refractivity contribution in [2.75, 3.05) is 17.0 Å². The summed E-state index contributed by atoms with van der Waals surface area (Å²) in [5.41, 5.74) is 0.382. The second-order valence-electron chi connectivity index (χ2n) is 3.66. The van der Waals surface area contributed by atoms with E-state index in [0.29, 0.717) is 12.2 Å². The Kier molecular flexibility index (Phi) is 4.63. The van der Waals surface area contributed by atoms with Crippen LogP contribution in [0.3, 0.4) is 0 Å². The maximum absolute atomic E-state index is 11.6. The predicted octanol–water partition coefficient (Wildman–Crippen LogP) is 0.216. The van der Waals surface area contributed by atoms with Gasteiger partial charge in [0.25, 0.3) is 0 Å². The van der Waals surface area contributed by atoms with Crippen LogP contribution in [0.2, 0.25) is 0 Å². The standard InChI is InChI=1S/C9H16N4O2S/c1-8(2)12-3-4-16(14,15)13-9-5-10-7-11-6-9/h5-8,12-13H,3-4H2,1-2H3. The molecule has 1 aromatic rings. The molecule has 90 valence electrons. The molecule has 0 amide bonds. The van der Waals surface area contributed by atoms with Crippen LogP contribution >= 0.6 is 0 Å². The van der Waals surface area contributed by atoms with Crippen LogP contribution in [0.5, 0.6) is 0 Å². The third-order valence-electron chi connectivity index (χ3n) is 1.76. The Balaban J connectivity index is 2.46. The van der Waals surface area contributed by atoms with Crippen LogP contribution in [0, 0.1) is 0 Å². The Morgan fingerprint density at radius 2 is 1.94 bits per heavy atom. The van der Waals surface area contributed by atoms with Crippen molar-refractivity contribution < 1.29 is 8.42 Å². The molecule has 0 bridgehead atoms. The lowest BCUT2D eigenvalue weighted by atomic mass is 10.4. The van der Waals surface area contributed by atoms with E-state index in [2.05, 4.69) is 20.0 Å². The van der Waals surface area contributed by atoms with E-state index in [4.69, 9.17) is 0 Å². The van der Waals surface area contributed by atoms with Crippen molar-refractivity contribution in [1.29, 1.82) is 0 Å². The van der Waals surface area contributed by atoms with Crippen LogP contribution in [-0.4, -0.2) is 36.7 Å². The van der Waals surface area contributed by atoms with Gasteiger partial charge in [-0.1, -0.05) is 13.8 Å². The van der Waals surface area contributed by atoms with Gasteiger partial charge in [0.2, 0.25) is 10.0 Å². The second kappa shape index (κ2) is 5.76. The summed E-state index contributed by atoms with van der Waals surface area (Å²) in [5, 5.41) is 3.04. The number of hydrogen-bond acceptors (Lipinski definition) is 5. The van der Waals surface area contributed by atoms with E-state index in [1.54, 1.807) is 0 Å². The molecular weight excluding hydrogens is 228 g/mol. The van der Waals surface area contributed by atoms with Gasteiger partial charge in [0.15, 0.2) is 0 Å². The Hall–Kier alpha value is -1.21. The van der Waals surface area contributed by atoms with Crippen LogP contribution in [0.25, 0.3) is 0 Å². The van der Waals surface area contributed by atoms with E-state index >= 15 is 0 Å². The molecule has 0 aliphatic heterocycles. The normalized spacial score (nSPS) is 11.7. The second-order valence-corrected chi connectivity index (χ2v) is 5.50. The lowest BCUT2D eigenvalue weighted by Gasteiger charge is -2.09. The topological polar surface area (TPSA) is 84.0 Å². The Labute approximate surface area is 95.6 Å². The molecule has 0 saturated carbocycles. The summed E-state index contributed by atoms with van der Waals surface area (Å²) in [7, 11) is -3.32. The minimum Gasteiger partial charge on any atom is -0.313 e. The van der Waals surface area contributed by atoms with Crippen molar-refractivity contribution in [2.45, 2.75) is 19.9 Å². The summed E-state index contributed by atoms with van der Waals surface area (Å²) in [5.74, 6) is 0.0279. The zero-order valence-corrected chi connectivity index (χ0v) is 10.2. The average Bonchev–Trinajstić information content (AvgIpc) is 2.17. The van der Waals surface area contributed by atoms with E-state index in [1.165, 1.54) is 18.7 Å². The number of nitrogens with one attached hydrogen (secondary N) is 2. The SMILES string of the molecule is CC(C)NCCS(=O)(=O)Nc1cncnc1. The summed E-state index contributed by atoms with van der Waals surface area (Å²) in [6.45, 7) is 4.34. The summed E-state index contributed by atoms with van der Waals surface area (Å²) in [6, 6.07) is 0.273. The molecule has 1 rings (SSSR count). The third kappa shape index (κ3) is 5.04. The van der Waals surface area contributed by atoms with E-state index in [-0.39, 0.29) is 11.8 Å². The lowest BCUT2D eigenvalue weighted by molar-refractivity contribution is 0.582. The molecule has 0 radical (unpaired) electrons. The van der Waals surface area contributed by atoms with E-state index in [1.807, 2.05) is 13.8 Å². The highest BCUT2D eigenvalue weighted by Gasteiger charge is 2.10. The highest BCUT2D eigenvalue weighted by atomic mass is 32.2. The fourth-order valence-corrected chi connectivity index (χ4v) is 2.02. The Morgan fingerprint density at radius 3 is 2.50 bits per heavy atom. The van der Waals surface area contributed by atoms with Gasteiger partial charge in [-0.3, -0.25) is 4.72 Å². The molecule has 7 heteroatoms. The fraction of sp³-hybridized carbons (Fsp3) is 0.556. The van der Waals surface area contributed by atoms with Crippen molar-refractivity contribution in [3.05, 3.63) is 18.7 Å². The number of sulfonamides is 1. The first-order valence-electron chi connectivity index (χ1n) is 4.98. The molecule has 0 spiro atoms. The Morgan fingerprint density at radius 1 is 1.31 bits per heavy atom. The first-order chi connectivity index (χ1) is 7.49. The van der Waals surface area contributed by atoms with Crippen molar-refractivity contribution in [1.82, 2.24) is 15.3 Å². The number of nitrogens with zero attached hydrogens (tertiary/aromatic N) is 2. The molecule has 1 aromatic heterocycles. The van der Waals surface area contributed by atoms with Crippen molar-refractivity contribution in [2.24, 2.45) is 0 Å². The van der Waals surface area contributed by atoms with Crippen molar-refractivity contribution in [3.8, 4) is 0 Å². The predicted molar refractivity (Wildman–Crippen MR) is 62.6 cm³/mol. The molecule has 0 aliphatic carbocycles. The van der Waals surface area contributed by atoms with Crippen LogP contribution in [0.15, 0.2) is 18.7 Å². The van der Waals surface area contributed by atoms with Gasteiger partial charge in [0.05, 0.1) is 23.8 Å². The van der Waals surface area contributed by atoms with Gasteiger partial charge in [-0.2, -0.15) is 0 Å². The molecule has 0 atom stereocenters. The molecule has 0 unspecified atom stereocenters. The van der Waals surface area contributed by atoms with Crippen LogP contribution in [-0.2, 0) is 10.0 Å². The molecule has 16 heavy (non-hydrogen) atoms. The third-order valence-corrected chi connectivity index (χ3v) is 3.05. The zero-order valence-electron chi connectivity index (χ0n) is 9.34. The highest BCUT2D eigenvalue weighted by molar-refractivity contribution is 7.92. The molecule has 6 nitrogen and oxygen atoms in total. The zero-order chi connectivity index (χ0) is 12.0. The van der Waals surface area contributed by atoms with Gasteiger partial charge in [0.1, 0.15) is 6.33 Å². The molecule has 0 aromatic carbocycles. The molecule has 0 saturated heterocycles. The van der Waals surface area contributed by atoms with Gasteiger partial charge < -0.3 is 5.32 Å². The number of anilines is 1. The summed E-state index contributed by atoms with van der Waals surface area (Å²) in [4.78, 5) is 7.45. The lowest BCUT2D eigenvalue weighted by Crippen LogP contribution is -2.30. The monoisotopic (exact) mass is 244 g/mol. The van der Waals surface area contributed by atoms with Gasteiger partial charge in [-0.05, 0) is 0 Å². The van der Waals surface area contributed by atoms with Crippen LogP contribution in [0.4, 0.5) is 5.69 Å². The molecule has 2 N–H and O–H groups in total. The Bertz CT molecular complexity index is 405. The van der Waals surface area contributed by atoms with Crippen molar-refractivity contribution in [3.63, 3.8) is 0 Å². The van der Waals surface area contributed by atoms with Crippen molar-refractivity contribution >= 4 is 15.7 Å². The number of hydrogen-bond donors (Lipinski definition) is 2. The number of rotatable bonds is 6. The van der Waals surface area contributed by atoms with Gasteiger partial charge in [0, 0.05) is 12.6 Å². The van der Waals surface area contributed by atoms with E-state index in [9.17, 15) is 8.42 Å². The fourth-order valence-electron chi connectivity index (χ4n) is 1.06. The average molecular weight is 244 g/mol. The van der Waals surface area contributed by atoms with Gasteiger partial charge >= 0.3 is 0 Å². The highest BCUT2D eigenvalue weighted by Crippen LogP contribution is 2.03. The minimum atomic E-state index is -3.32. The van der Waals surface area contributed by atoms with Crippen LogP contribution < -0.4 is 10.0 Å². The quantitative estimate of drug-likeness (QED) is 0.747. The van der Waals surface area contributed by atoms with E-state index < -0.39 is 10.0 Å². The smallest absolute Gasteiger partial charge is 0.234 e. The molecule has 0 fully saturated rings. The molecule has 0 aliphatic rings.